The molecule has 0 aliphatic rings. The maximum absolute atomic E-state index is 4.13. The fourth-order valence-corrected chi connectivity index (χ4v) is 2.75. The summed E-state index contributed by atoms with van der Waals surface area (Å²) in [7, 11) is 0. The van der Waals surface area contributed by atoms with Crippen molar-refractivity contribution in [3.05, 3.63) is 5.82 Å². The molecular weight excluding hydrogens is 248 g/mol. The minimum atomic E-state index is 0.535. The second-order valence-electron chi connectivity index (χ2n) is 5.89. The van der Waals surface area contributed by atoms with E-state index in [1.165, 1.54) is 77.0 Å². The first-order chi connectivity index (χ1) is 9.88. The molecule has 0 radical (unpaired) electrons. The standard InChI is InChI=1S/C16H32N4/c1-3-5-7-9-11-13-15(16-17-19-20-18-16)14-12-10-8-6-4-2/h15H,3-14H2,1-2H3,(H,17,18,19,20). The van der Waals surface area contributed by atoms with Crippen molar-refractivity contribution in [1.29, 1.82) is 0 Å². The number of unbranched alkanes of at least 4 members (excludes halogenated alkanes) is 8. The van der Waals surface area contributed by atoms with Gasteiger partial charge in [0.2, 0.25) is 0 Å². The molecule has 0 aromatic carbocycles. The van der Waals surface area contributed by atoms with E-state index >= 15 is 0 Å². The Kier molecular flexibility index (Phi) is 10.2. The molecule has 1 N–H and O–H groups in total. The third kappa shape index (κ3) is 7.61. The van der Waals surface area contributed by atoms with Crippen molar-refractivity contribution in [1.82, 2.24) is 20.6 Å². The number of H-pyrrole nitrogens is 1. The predicted molar refractivity (Wildman–Crippen MR) is 83.7 cm³/mol. The summed E-state index contributed by atoms with van der Waals surface area (Å²) >= 11 is 0. The van der Waals surface area contributed by atoms with Crippen LogP contribution in [0.4, 0.5) is 0 Å². The number of hydrogen-bond acceptors (Lipinski definition) is 3. The molecule has 0 saturated heterocycles. The summed E-state index contributed by atoms with van der Waals surface area (Å²) in [6, 6.07) is 0. The number of aromatic amines is 1. The van der Waals surface area contributed by atoms with Gasteiger partial charge in [0.05, 0.1) is 0 Å². The molecule has 1 heterocycles. The smallest absolute Gasteiger partial charge is 0.151 e. The van der Waals surface area contributed by atoms with E-state index in [-0.39, 0.29) is 0 Å². The summed E-state index contributed by atoms with van der Waals surface area (Å²) in [5, 5.41) is 14.6. The number of nitrogens with one attached hydrogen (secondary N) is 1. The van der Waals surface area contributed by atoms with Gasteiger partial charge < -0.3 is 0 Å². The molecule has 0 bridgehead atoms. The molecule has 0 spiro atoms. The Morgan fingerprint density at radius 2 is 1.35 bits per heavy atom. The number of tetrazole rings is 1. The molecule has 1 rings (SSSR count). The monoisotopic (exact) mass is 280 g/mol. The molecule has 0 atom stereocenters. The Bertz CT molecular complexity index is 283. The van der Waals surface area contributed by atoms with Gasteiger partial charge in [-0.15, -0.1) is 5.10 Å². The molecule has 0 aliphatic carbocycles. The van der Waals surface area contributed by atoms with Crippen molar-refractivity contribution >= 4 is 0 Å². The maximum atomic E-state index is 4.13. The summed E-state index contributed by atoms with van der Waals surface area (Å²) in [6.45, 7) is 4.53. The van der Waals surface area contributed by atoms with Crippen LogP contribution in [0.2, 0.25) is 0 Å². The van der Waals surface area contributed by atoms with Gasteiger partial charge in [0.15, 0.2) is 5.82 Å². The van der Waals surface area contributed by atoms with E-state index in [2.05, 4.69) is 34.5 Å². The molecule has 0 unspecified atom stereocenters. The van der Waals surface area contributed by atoms with Crippen molar-refractivity contribution < 1.29 is 0 Å². The third-order valence-electron chi connectivity index (χ3n) is 4.06. The van der Waals surface area contributed by atoms with Gasteiger partial charge in [-0.2, -0.15) is 0 Å². The van der Waals surface area contributed by atoms with Crippen LogP contribution in [0.25, 0.3) is 0 Å². The SMILES string of the molecule is CCCCCCCC(CCCCCCC)c1nnn[nH]1. The minimum absolute atomic E-state index is 0.535. The lowest BCUT2D eigenvalue weighted by molar-refractivity contribution is 0.475. The zero-order chi connectivity index (χ0) is 14.5. The highest BCUT2D eigenvalue weighted by molar-refractivity contribution is 4.90. The normalized spacial score (nSPS) is 11.3. The van der Waals surface area contributed by atoms with Crippen LogP contribution in [0, 0.1) is 0 Å². The van der Waals surface area contributed by atoms with Gasteiger partial charge in [-0.1, -0.05) is 78.1 Å². The van der Waals surface area contributed by atoms with Crippen LogP contribution in [-0.2, 0) is 0 Å². The van der Waals surface area contributed by atoms with Crippen LogP contribution in [0.15, 0.2) is 0 Å². The predicted octanol–water partition coefficient (Wildman–Crippen LogP) is 5.00. The third-order valence-corrected chi connectivity index (χ3v) is 4.06. The van der Waals surface area contributed by atoms with Crippen LogP contribution in [0.1, 0.15) is 103 Å². The summed E-state index contributed by atoms with van der Waals surface area (Å²) in [5.41, 5.74) is 0. The molecule has 1 aromatic heterocycles. The van der Waals surface area contributed by atoms with Crippen LogP contribution < -0.4 is 0 Å². The summed E-state index contributed by atoms with van der Waals surface area (Å²) < 4.78 is 0. The first kappa shape index (κ1) is 17.1. The molecule has 0 aliphatic heterocycles. The van der Waals surface area contributed by atoms with Crippen molar-refractivity contribution in [2.45, 2.75) is 96.8 Å². The van der Waals surface area contributed by atoms with Crippen LogP contribution in [0.3, 0.4) is 0 Å². The highest BCUT2D eigenvalue weighted by Gasteiger charge is 2.14. The van der Waals surface area contributed by atoms with Crippen molar-refractivity contribution in [3.8, 4) is 0 Å². The molecule has 4 heteroatoms. The zero-order valence-corrected chi connectivity index (χ0v) is 13.4. The highest BCUT2D eigenvalue weighted by Crippen LogP contribution is 2.25. The number of rotatable bonds is 13. The largest absolute Gasteiger partial charge is 0.243 e. The van der Waals surface area contributed by atoms with Gasteiger partial charge in [0.1, 0.15) is 0 Å². The summed E-state index contributed by atoms with van der Waals surface area (Å²) in [4.78, 5) is 0. The highest BCUT2D eigenvalue weighted by atomic mass is 15.5. The van der Waals surface area contributed by atoms with Gasteiger partial charge in [-0.05, 0) is 23.3 Å². The number of hydrogen-bond donors (Lipinski definition) is 1. The number of aromatic nitrogens is 4. The van der Waals surface area contributed by atoms with E-state index in [0.717, 1.165) is 5.82 Å². The van der Waals surface area contributed by atoms with Crippen molar-refractivity contribution in [3.63, 3.8) is 0 Å². The van der Waals surface area contributed by atoms with Gasteiger partial charge in [-0.3, -0.25) is 0 Å². The first-order valence-electron chi connectivity index (χ1n) is 8.62. The molecule has 116 valence electrons. The van der Waals surface area contributed by atoms with Gasteiger partial charge >= 0.3 is 0 Å². The second-order valence-corrected chi connectivity index (χ2v) is 5.89. The molecule has 1 aromatic rings. The average Bonchev–Trinajstić information content (AvgIpc) is 2.98. The maximum Gasteiger partial charge on any atom is 0.151 e. The van der Waals surface area contributed by atoms with E-state index in [1.54, 1.807) is 0 Å². The lowest BCUT2D eigenvalue weighted by Gasteiger charge is -2.13. The fourth-order valence-electron chi connectivity index (χ4n) is 2.75. The fraction of sp³-hybridized carbons (Fsp3) is 0.938. The summed E-state index contributed by atoms with van der Waals surface area (Å²) in [6.07, 6.45) is 15.9. The van der Waals surface area contributed by atoms with E-state index in [9.17, 15) is 0 Å². The number of nitrogens with zero attached hydrogens (tertiary/aromatic N) is 3. The Labute approximate surface area is 124 Å². The van der Waals surface area contributed by atoms with E-state index in [4.69, 9.17) is 0 Å². The lowest BCUT2D eigenvalue weighted by Crippen LogP contribution is -2.02. The van der Waals surface area contributed by atoms with Gasteiger partial charge in [-0.25, -0.2) is 5.10 Å². The molecule has 20 heavy (non-hydrogen) atoms. The molecular formula is C16H32N4. The topological polar surface area (TPSA) is 54.5 Å². The average molecular weight is 280 g/mol. The van der Waals surface area contributed by atoms with E-state index in [0.29, 0.717) is 5.92 Å². The van der Waals surface area contributed by atoms with E-state index in [1.807, 2.05) is 0 Å². The quantitative estimate of drug-likeness (QED) is 0.517. The second kappa shape index (κ2) is 11.9. The van der Waals surface area contributed by atoms with Gasteiger partial charge in [0, 0.05) is 5.92 Å². The van der Waals surface area contributed by atoms with E-state index < -0.39 is 0 Å². The lowest BCUT2D eigenvalue weighted by atomic mass is 9.93. The molecule has 4 nitrogen and oxygen atoms in total. The first-order valence-corrected chi connectivity index (χ1v) is 8.62. The molecule has 0 amide bonds. The van der Waals surface area contributed by atoms with Gasteiger partial charge in [0.25, 0.3) is 0 Å². The van der Waals surface area contributed by atoms with Crippen molar-refractivity contribution in [2.24, 2.45) is 0 Å². The zero-order valence-electron chi connectivity index (χ0n) is 13.4. The van der Waals surface area contributed by atoms with Crippen LogP contribution in [-0.4, -0.2) is 20.6 Å². The minimum Gasteiger partial charge on any atom is -0.243 e. The molecule has 0 saturated carbocycles. The molecule has 0 fully saturated rings. The summed E-state index contributed by atoms with van der Waals surface area (Å²) in [5.74, 6) is 1.53. The van der Waals surface area contributed by atoms with Crippen LogP contribution in [0.5, 0.6) is 0 Å². The van der Waals surface area contributed by atoms with Crippen LogP contribution >= 0.6 is 0 Å². The Morgan fingerprint density at radius 3 is 1.80 bits per heavy atom. The Morgan fingerprint density at radius 1 is 0.800 bits per heavy atom. The Balaban J connectivity index is 2.22. The van der Waals surface area contributed by atoms with Crippen molar-refractivity contribution in [2.75, 3.05) is 0 Å². The Hall–Kier alpha value is -0.930.